The van der Waals surface area contributed by atoms with E-state index in [1.54, 1.807) is 0 Å². The first kappa shape index (κ1) is 11.7. The summed E-state index contributed by atoms with van der Waals surface area (Å²) in [6.45, 7) is 1.29. The summed E-state index contributed by atoms with van der Waals surface area (Å²) < 4.78 is 11.2. The van der Waals surface area contributed by atoms with Crippen LogP contribution >= 0.6 is 11.6 Å². The standard InChI is InChI=1S/C15H13ClO2/c16-12-5-3-4-11(10-12)13-6-1-2-7-14(13)15-17-8-9-18-15/h1-7,10,15H,8-9H2. The first-order chi connectivity index (χ1) is 8.84. The van der Waals surface area contributed by atoms with Gasteiger partial charge in [-0.2, -0.15) is 0 Å². The molecule has 1 aliphatic rings. The number of ether oxygens (including phenoxy) is 2. The maximum absolute atomic E-state index is 6.04. The van der Waals surface area contributed by atoms with Crippen LogP contribution in [0.1, 0.15) is 11.9 Å². The molecule has 0 unspecified atom stereocenters. The molecule has 0 N–H and O–H groups in total. The molecule has 2 aromatic carbocycles. The molecule has 0 spiro atoms. The quantitative estimate of drug-likeness (QED) is 0.811. The van der Waals surface area contributed by atoms with E-state index in [1.165, 1.54) is 0 Å². The van der Waals surface area contributed by atoms with Crippen LogP contribution in [0.3, 0.4) is 0 Å². The van der Waals surface area contributed by atoms with Crippen molar-refractivity contribution in [2.45, 2.75) is 6.29 Å². The van der Waals surface area contributed by atoms with Gasteiger partial charge in [-0.3, -0.25) is 0 Å². The van der Waals surface area contributed by atoms with Gasteiger partial charge in [-0.1, -0.05) is 48.0 Å². The molecule has 92 valence electrons. The second-order valence-corrected chi connectivity index (χ2v) is 4.61. The van der Waals surface area contributed by atoms with Gasteiger partial charge in [0.25, 0.3) is 0 Å². The van der Waals surface area contributed by atoms with E-state index < -0.39 is 0 Å². The molecule has 2 nitrogen and oxygen atoms in total. The minimum atomic E-state index is -0.264. The number of hydrogen-bond acceptors (Lipinski definition) is 2. The van der Waals surface area contributed by atoms with Crippen molar-refractivity contribution in [1.82, 2.24) is 0 Å². The molecule has 1 heterocycles. The van der Waals surface area contributed by atoms with Crippen LogP contribution in [0.5, 0.6) is 0 Å². The van der Waals surface area contributed by atoms with E-state index in [9.17, 15) is 0 Å². The van der Waals surface area contributed by atoms with Gasteiger partial charge in [0.2, 0.25) is 0 Å². The van der Waals surface area contributed by atoms with Crippen molar-refractivity contribution < 1.29 is 9.47 Å². The summed E-state index contributed by atoms with van der Waals surface area (Å²) in [5, 5.41) is 0.732. The van der Waals surface area contributed by atoms with Crippen molar-refractivity contribution >= 4 is 11.6 Å². The van der Waals surface area contributed by atoms with Crippen LogP contribution in [-0.2, 0) is 9.47 Å². The minimum Gasteiger partial charge on any atom is -0.346 e. The Bertz CT molecular complexity index is 548. The molecule has 3 rings (SSSR count). The monoisotopic (exact) mass is 260 g/mol. The van der Waals surface area contributed by atoms with Crippen molar-refractivity contribution in [3.63, 3.8) is 0 Å². The van der Waals surface area contributed by atoms with E-state index in [0.29, 0.717) is 13.2 Å². The number of hydrogen-bond donors (Lipinski definition) is 0. The van der Waals surface area contributed by atoms with Crippen LogP contribution < -0.4 is 0 Å². The molecular formula is C15H13ClO2. The highest BCUT2D eigenvalue weighted by molar-refractivity contribution is 6.30. The van der Waals surface area contributed by atoms with Crippen LogP contribution in [0.4, 0.5) is 0 Å². The number of benzene rings is 2. The molecule has 1 fully saturated rings. The van der Waals surface area contributed by atoms with Gasteiger partial charge in [-0.15, -0.1) is 0 Å². The molecular weight excluding hydrogens is 248 g/mol. The highest BCUT2D eigenvalue weighted by Crippen LogP contribution is 2.33. The molecule has 0 aliphatic carbocycles. The highest BCUT2D eigenvalue weighted by Gasteiger charge is 2.21. The van der Waals surface area contributed by atoms with E-state index >= 15 is 0 Å². The van der Waals surface area contributed by atoms with E-state index in [4.69, 9.17) is 21.1 Å². The Morgan fingerprint density at radius 1 is 0.944 bits per heavy atom. The summed E-state index contributed by atoms with van der Waals surface area (Å²) in [4.78, 5) is 0. The zero-order valence-electron chi connectivity index (χ0n) is 9.80. The lowest BCUT2D eigenvalue weighted by Crippen LogP contribution is -2.00. The smallest absolute Gasteiger partial charge is 0.184 e. The van der Waals surface area contributed by atoms with Gasteiger partial charge >= 0.3 is 0 Å². The summed E-state index contributed by atoms with van der Waals surface area (Å²) in [6, 6.07) is 15.9. The third-order valence-corrected chi connectivity index (χ3v) is 3.21. The molecule has 18 heavy (non-hydrogen) atoms. The fourth-order valence-corrected chi connectivity index (χ4v) is 2.35. The molecule has 0 saturated carbocycles. The third kappa shape index (κ3) is 2.27. The lowest BCUT2D eigenvalue weighted by molar-refractivity contribution is -0.0436. The van der Waals surface area contributed by atoms with Crippen LogP contribution in [0, 0.1) is 0 Å². The number of halogens is 1. The zero-order valence-corrected chi connectivity index (χ0v) is 10.6. The predicted octanol–water partition coefficient (Wildman–Crippen LogP) is 4.05. The molecule has 0 atom stereocenters. The molecule has 0 bridgehead atoms. The maximum atomic E-state index is 6.04. The Morgan fingerprint density at radius 2 is 1.72 bits per heavy atom. The average molecular weight is 261 g/mol. The molecule has 1 aliphatic heterocycles. The van der Waals surface area contributed by atoms with Crippen molar-refractivity contribution in [2.24, 2.45) is 0 Å². The molecule has 2 aromatic rings. The Hall–Kier alpha value is -1.35. The molecule has 0 aromatic heterocycles. The lowest BCUT2D eigenvalue weighted by atomic mass is 9.99. The van der Waals surface area contributed by atoms with E-state index in [1.807, 2.05) is 42.5 Å². The minimum absolute atomic E-state index is 0.264. The van der Waals surface area contributed by atoms with Gasteiger partial charge in [0.15, 0.2) is 6.29 Å². The Morgan fingerprint density at radius 3 is 2.50 bits per heavy atom. The lowest BCUT2D eigenvalue weighted by Gasteiger charge is -2.14. The van der Waals surface area contributed by atoms with Gasteiger partial charge in [-0.05, 0) is 23.3 Å². The molecule has 0 amide bonds. The SMILES string of the molecule is Clc1cccc(-c2ccccc2C2OCCO2)c1. The van der Waals surface area contributed by atoms with Gasteiger partial charge in [-0.25, -0.2) is 0 Å². The molecule has 1 saturated heterocycles. The van der Waals surface area contributed by atoms with Crippen LogP contribution in [0.2, 0.25) is 5.02 Å². The second-order valence-electron chi connectivity index (χ2n) is 4.17. The maximum Gasteiger partial charge on any atom is 0.184 e. The van der Waals surface area contributed by atoms with Gasteiger partial charge in [0.05, 0.1) is 13.2 Å². The molecule has 0 radical (unpaired) electrons. The van der Waals surface area contributed by atoms with E-state index in [2.05, 4.69) is 6.07 Å². The Balaban J connectivity index is 2.06. The largest absolute Gasteiger partial charge is 0.346 e. The second kappa shape index (κ2) is 5.11. The summed E-state index contributed by atoms with van der Waals surface area (Å²) in [7, 11) is 0. The molecule has 3 heteroatoms. The first-order valence-electron chi connectivity index (χ1n) is 5.93. The predicted molar refractivity (Wildman–Crippen MR) is 71.5 cm³/mol. The summed E-state index contributed by atoms with van der Waals surface area (Å²) in [5.74, 6) is 0. The van der Waals surface area contributed by atoms with E-state index in [0.717, 1.165) is 21.7 Å². The Kier molecular flexibility index (Phi) is 3.33. The van der Waals surface area contributed by atoms with Crippen molar-refractivity contribution in [2.75, 3.05) is 13.2 Å². The zero-order chi connectivity index (χ0) is 12.4. The van der Waals surface area contributed by atoms with Crippen molar-refractivity contribution in [3.8, 4) is 11.1 Å². The van der Waals surface area contributed by atoms with Gasteiger partial charge in [0, 0.05) is 10.6 Å². The normalized spacial score (nSPS) is 16.1. The van der Waals surface area contributed by atoms with E-state index in [-0.39, 0.29) is 6.29 Å². The van der Waals surface area contributed by atoms with Crippen LogP contribution in [0.25, 0.3) is 11.1 Å². The first-order valence-corrected chi connectivity index (χ1v) is 6.30. The van der Waals surface area contributed by atoms with Crippen molar-refractivity contribution in [3.05, 3.63) is 59.1 Å². The highest BCUT2D eigenvalue weighted by atomic mass is 35.5. The fourth-order valence-electron chi connectivity index (χ4n) is 2.16. The van der Waals surface area contributed by atoms with Crippen molar-refractivity contribution in [1.29, 1.82) is 0 Å². The van der Waals surface area contributed by atoms with Gasteiger partial charge in [0.1, 0.15) is 0 Å². The number of rotatable bonds is 2. The summed E-state index contributed by atoms with van der Waals surface area (Å²) >= 11 is 6.04. The Labute approximate surface area is 111 Å². The average Bonchev–Trinajstić information content (AvgIpc) is 2.92. The van der Waals surface area contributed by atoms with Crippen LogP contribution in [-0.4, -0.2) is 13.2 Å². The third-order valence-electron chi connectivity index (χ3n) is 2.97. The summed E-state index contributed by atoms with van der Waals surface area (Å²) in [5.41, 5.74) is 3.24. The topological polar surface area (TPSA) is 18.5 Å². The fraction of sp³-hybridized carbons (Fsp3) is 0.200. The van der Waals surface area contributed by atoms with Crippen LogP contribution in [0.15, 0.2) is 48.5 Å². The van der Waals surface area contributed by atoms with Gasteiger partial charge < -0.3 is 9.47 Å². The summed E-state index contributed by atoms with van der Waals surface area (Å²) in [6.07, 6.45) is -0.264.